The van der Waals surface area contributed by atoms with Crippen LogP contribution >= 0.6 is 22.6 Å². The van der Waals surface area contributed by atoms with Crippen molar-refractivity contribution in [3.05, 3.63) is 63.0 Å². The molecule has 0 N–H and O–H groups in total. The Labute approximate surface area is 130 Å². The largest absolute Gasteiger partial charge is 0.308 e. The summed E-state index contributed by atoms with van der Waals surface area (Å²) < 4.78 is 14.2. The number of carbonyl (C=O) groups excluding carboxylic acids is 1. The van der Waals surface area contributed by atoms with Gasteiger partial charge in [0.25, 0.3) is 5.91 Å². The van der Waals surface area contributed by atoms with Gasteiger partial charge in [-0.15, -0.1) is 0 Å². The number of rotatable bonds is 1. The maximum absolute atomic E-state index is 13.3. The minimum Gasteiger partial charge on any atom is -0.308 e. The second-order valence-electron chi connectivity index (χ2n) is 4.81. The van der Waals surface area contributed by atoms with E-state index in [1.165, 1.54) is 12.1 Å². The number of amides is 1. The third-order valence-corrected chi connectivity index (χ3v) is 4.45. The van der Waals surface area contributed by atoms with Gasteiger partial charge in [0.05, 0.1) is 5.56 Å². The van der Waals surface area contributed by atoms with Crippen LogP contribution in [-0.2, 0) is 6.42 Å². The normalized spacial score (nSPS) is 14.0. The third-order valence-electron chi connectivity index (χ3n) is 3.51. The predicted molar refractivity (Wildman–Crippen MR) is 85.6 cm³/mol. The van der Waals surface area contributed by atoms with Gasteiger partial charge in [-0.3, -0.25) is 4.79 Å². The van der Waals surface area contributed by atoms with Crippen LogP contribution in [0.4, 0.5) is 10.1 Å². The van der Waals surface area contributed by atoms with Crippen LogP contribution in [0.5, 0.6) is 0 Å². The molecular formula is C16H13FINO. The van der Waals surface area contributed by atoms with Gasteiger partial charge in [-0.05, 0) is 71.3 Å². The molecule has 0 radical (unpaired) electrons. The molecule has 1 aliphatic rings. The molecule has 1 aliphatic heterocycles. The highest BCUT2D eigenvalue weighted by molar-refractivity contribution is 14.1. The molecule has 0 unspecified atom stereocenters. The van der Waals surface area contributed by atoms with Crippen LogP contribution in [0, 0.1) is 9.39 Å². The summed E-state index contributed by atoms with van der Waals surface area (Å²) in [5, 5.41) is 0. The van der Waals surface area contributed by atoms with E-state index in [2.05, 4.69) is 22.6 Å². The zero-order valence-corrected chi connectivity index (χ0v) is 12.9. The Morgan fingerprint density at radius 3 is 2.80 bits per heavy atom. The summed E-state index contributed by atoms with van der Waals surface area (Å²) in [6, 6.07) is 12.2. The van der Waals surface area contributed by atoms with Crippen molar-refractivity contribution < 1.29 is 9.18 Å². The number of hydrogen-bond acceptors (Lipinski definition) is 1. The van der Waals surface area contributed by atoms with E-state index in [-0.39, 0.29) is 11.7 Å². The molecule has 1 heterocycles. The van der Waals surface area contributed by atoms with Crippen molar-refractivity contribution in [1.82, 2.24) is 0 Å². The molecule has 0 aromatic heterocycles. The number of nitrogens with zero attached hydrogens (tertiary/aromatic N) is 1. The molecule has 0 spiro atoms. The van der Waals surface area contributed by atoms with Crippen molar-refractivity contribution >= 4 is 34.2 Å². The minimum absolute atomic E-state index is 0.0115. The molecule has 0 saturated heterocycles. The van der Waals surface area contributed by atoms with Crippen molar-refractivity contribution in [3.8, 4) is 0 Å². The molecule has 0 aliphatic carbocycles. The Bertz CT molecular complexity index is 671. The summed E-state index contributed by atoms with van der Waals surface area (Å²) in [5.74, 6) is -0.255. The van der Waals surface area contributed by atoms with Gasteiger partial charge in [0.2, 0.25) is 0 Å². The summed E-state index contributed by atoms with van der Waals surface area (Å²) >= 11 is 2.17. The van der Waals surface area contributed by atoms with E-state index in [0.717, 1.165) is 27.7 Å². The van der Waals surface area contributed by atoms with Crippen LogP contribution in [0.2, 0.25) is 0 Å². The zero-order chi connectivity index (χ0) is 14.1. The highest BCUT2D eigenvalue weighted by Crippen LogP contribution is 2.29. The number of benzene rings is 2. The van der Waals surface area contributed by atoms with Gasteiger partial charge in [0, 0.05) is 15.8 Å². The Morgan fingerprint density at radius 1 is 1.20 bits per heavy atom. The number of halogens is 2. The Hall–Kier alpha value is -1.43. The van der Waals surface area contributed by atoms with E-state index in [4.69, 9.17) is 0 Å². The van der Waals surface area contributed by atoms with E-state index in [1.54, 1.807) is 11.0 Å². The third kappa shape index (κ3) is 2.44. The molecule has 0 saturated carbocycles. The van der Waals surface area contributed by atoms with Crippen LogP contribution in [-0.4, -0.2) is 12.5 Å². The maximum atomic E-state index is 13.3. The second kappa shape index (κ2) is 5.52. The molecule has 20 heavy (non-hydrogen) atoms. The highest BCUT2D eigenvalue weighted by Gasteiger charge is 2.24. The first-order valence-electron chi connectivity index (χ1n) is 6.51. The number of anilines is 1. The molecule has 2 nitrogen and oxygen atoms in total. The second-order valence-corrected chi connectivity index (χ2v) is 5.98. The van der Waals surface area contributed by atoms with Crippen molar-refractivity contribution in [2.75, 3.05) is 11.4 Å². The number of aryl methyl sites for hydroxylation is 1. The van der Waals surface area contributed by atoms with Gasteiger partial charge in [0.15, 0.2) is 0 Å². The van der Waals surface area contributed by atoms with Gasteiger partial charge in [0.1, 0.15) is 5.82 Å². The first-order valence-corrected chi connectivity index (χ1v) is 7.59. The molecule has 0 fully saturated rings. The number of fused-ring (bicyclic) bond motifs is 1. The van der Waals surface area contributed by atoms with Crippen molar-refractivity contribution in [1.29, 1.82) is 0 Å². The first-order chi connectivity index (χ1) is 9.66. The van der Waals surface area contributed by atoms with Crippen molar-refractivity contribution in [2.24, 2.45) is 0 Å². The smallest absolute Gasteiger partial charge is 0.259 e. The van der Waals surface area contributed by atoms with Gasteiger partial charge in [-0.1, -0.05) is 12.1 Å². The topological polar surface area (TPSA) is 20.3 Å². The molecule has 0 atom stereocenters. The Balaban J connectivity index is 2.01. The van der Waals surface area contributed by atoms with Crippen LogP contribution < -0.4 is 4.90 Å². The summed E-state index contributed by atoms with van der Waals surface area (Å²) in [7, 11) is 0. The Kier molecular flexibility index (Phi) is 3.74. The van der Waals surface area contributed by atoms with E-state index >= 15 is 0 Å². The lowest BCUT2D eigenvalue weighted by Gasteiger charge is -2.29. The van der Waals surface area contributed by atoms with Crippen molar-refractivity contribution in [3.63, 3.8) is 0 Å². The van der Waals surface area contributed by atoms with Gasteiger partial charge < -0.3 is 4.90 Å². The molecular weight excluding hydrogens is 368 g/mol. The molecule has 2 aromatic rings. The van der Waals surface area contributed by atoms with Gasteiger partial charge >= 0.3 is 0 Å². The number of hydrogen-bond donors (Lipinski definition) is 0. The molecule has 1 amide bonds. The average Bonchev–Trinajstić information content (AvgIpc) is 2.46. The fraction of sp³-hybridized carbons (Fsp3) is 0.188. The maximum Gasteiger partial charge on any atom is 0.259 e. The van der Waals surface area contributed by atoms with E-state index in [9.17, 15) is 9.18 Å². The van der Waals surface area contributed by atoms with E-state index in [1.807, 2.05) is 24.3 Å². The van der Waals surface area contributed by atoms with Gasteiger partial charge in [-0.2, -0.15) is 0 Å². The SMILES string of the molecule is O=C(c1ccccc1I)N1CCCc2cc(F)ccc21. The van der Waals surface area contributed by atoms with Crippen LogP contribution in [0.15, 0.2) is 42.5 Å². The first kappa shape index (κ1) is 13.5. The quantitative estimate of drug-likeness (QED) is 0.684. The molecule has 3 rings (SSSR count). The fourth-order valence-electron chi connectivity index (χ4n) is 2.56. The fourth-order valence-corrected chi connectivity index (χ4v) is 3.17. The monoisotopic (exact) mass is 381 g/mol. The number of carbonyl (C=O) groups is 1. The van der Waals surface area contributed by atoms with Gasteiger partial charge in [-0.25, -0.2) is 4.39 Å². The molecule has 2 aromatic carbocycles. The zero-order valence-electron chi connectivity index (χ0n) is 10.8. The molecule has 4 heteroatoms. The minimum atomic E-state index is -0.243. The lowest BCUT2D eigenvalue weighted by Crippen LogP contribution is -2.35. The average molecular weight is 381 g/mol. The summed E-state index contributed by atoms with van der Waals surface area (Å²) in [4.78, 5) is 14.5. The van der Waals surface area contributed by atoms with Crippen LogP contribution in [0.3, 0.4) is 0 Å². The summed E-state index contributed by atoms with van der Waals surface area (Å²) in [6.07, 6.45) is 1.69. The summed E-state index contributed by atoms with van der Waals surface area (Å²) in [5.41, 5.74) is 2.45. The van der Waals surface area contributed by atoms with Crippen LogP contribution in [0.25, 0.3) is 0 Å². The molecule has 102 valence electrons. The lowest BCUT2D eigenvalue weighted by molar-refractivity contribution is 0.0984. The predicted octanol–water partition coefficient (Wildman–Crippen LogP) is 4.02. The summed E-state index contributed by atoms with van der Waals surface area (Å²) in [6.45, 7) is 0.683. The lowest BCUT2D eigenvalue weighted by atomic mass is 10.0. The van der Waals surface area contributed by atoms with E-state index < -0.39 is 0 Å². The highest BCUT2D eigenvalue weighted by atomic mass is 127. The van der Waals surface area contributed by atoms with E-state index in [0.29, 0.717) is 12.1 Å². The standard InChI is InChI=1S/C16H13FINO/c17-12-7-8-15-11(10-12)4-3-9-19(15)16(20)13-5-1-2-6-14(13)18/h1-2,5-8,10H,3-4,9H2. The van der Waals surface area contributed by atoms with Crippen LogP contribution in [0.1, 0.15) is 22.3 Å². The molecule has 0 bridgehead atoms. The Morgan fingerprint density at radius 2 is 2.00 bits per heavy atom. The van der Waals surface area contributed by atoms with Crippen molar-refractivity contribution in [2.45, 2.75) is 12.8 Å².